The fourth-order valence-corrected chi connectivity index (χ4v) is 4.57. The molecule has 5 nitrogen and oxygen atoms in total. The van der Waals surface area contributed by atoms with Gasteiger partial charge in [-0.25, -0.2) is 9.97 Å². The largest absolute Gasteiger partial charge is 0.370 e. The lowest BCUT2D eigenvalue weighted by Gasteiger charge is -2.38. The monoisotopic (exact) mass is 319 g/mol. The van der Waals surface area contributed by atoms with Gasteiger partial charge in [-0.05, 0) is 30.9 Å². The van der Waals surface area contributed by atoms with Gasteiger partial charge in [0, 0.05) is 50.6 Å². The SMILES string of the molecule is c1nc(NCC2CC2)cc(N2CCN(C3CCSC3)CC2)n1. The molecule has 1 N–H and O–H groups in total. The fraction of sp³-hybridized carbons (Fsp3) is 0.750. The summed E-state index contributed by atoms with van der Waals surface area (Å²) in [7, 11) is 0. The summed E-state index contributed by atoms with van der Waals surface area (Å²) in [5.41, 5.74) is 0. The molecule has 3 heterocycles. The Morgan fingerprint density at radius 3 is 2.73 bits per heavy atom. The van der Waals surface area contributed by atoms with E-state index in [1.807, 2.05) is 0 Å². The van der Waals surface area contributed by atoms with E-state index < -0.39 is 0 Å². The average Bonchev–Trinajstić information content (AvgIpc) is 3.25. The number of aromatic nitrogens is 2. The fourth-order valence-electron chi connectivity index (χ4n) is 3.31. The second kappa shape index (κ2) is 6.62. The Bertz CT molecular complexity index is 493. The lowest BCUT2D eigenvalue weighted by atomic mass is 10.2. The van der Waals surface area contributed by atoms with Crippen LogP contribution in [0.5, 0.6) is 0 Å². The third-order valence-electron chi connectivity index (χ3n) is 4.98. The number of rotatable bonds is 5. The van der Waals surface area contributed by atoms with Gasteiger partial charge in [0.15, 0.2) is 0 Å². The molecule has 1 atom stereocenters. The normalized spacial score (nSPS) is 26.4. The van der Waals surface area contributed by atoms with E-state index in [4.69, 9.17) is 0 Å². The van der Waals surface area contributed by atoms with Crippen molar-refractivity contribution < 1.29 is 0 Å². The predicted molar refractivity (Wildman–Crippen MR) is 92.8 cm³/mol. The third kappa shape index (κ3) is 3.49. The summed E-state index contributed by atoms with van der Waals surface area (Å²) in [5, 5.41) is 3.45. The van der Waals surface area contributed by atoms with Crippen molar-refractivity contribution in [2.45, 2.75) is 25.3 Å². The Morgan fingerprint density at radius 2 is 2.00 bits per heavy atom. The summed E-state index contributed by atoms with van der Waals surface area (Å²) in [5.74, 6) is 5.58. The second-order valence-electron chi connectivity index (χ2n) is 6.63. The zero-order valence-electron chi connectivity index (χ0n) is 13.1. The van der Waals surface area contributed by atoms with Crippen LogP contribution in [-0.4, -0.2) is 65.1 Å². The molecule has 1 aromatic heterocycles. The van der Waals surface area contributed by atoms with E-state index in [-0.39, 0.29) is 0 Å². The van der Waals surface area contributed by atoms with E-state index in [2.05, 4.69) is 42.9 Å². The number of hydrogen-bond donors (Lipinski definition) is 1. The number of piperazine rings is 1. The number of anilines is 2. The zero-order valence-corrected chi connectivity index (χ0v) is 13.9. The molecule has 0 spiro atoms. The number of nitrogens with one attached hydrogen (secondary N) is 1. The van der Waals surface area contributed by atoms with E-state index in [1.54, 1.807) is 6.33 Å². The average molecular weight is 319 g/mol. The zero-order chi connectivity index (χ0) is 14.8. The Hall–Kier alpha value is -1.01. The van der Waals surface area contributed by atoms with Gasteiger partial charge in [-0.2, -0.15) is 11.8 Å². The van der Waals surface area contributed by atoms with Crippen LogP contribution in [0.2, 0.25) is 0 Å². The highest BCUT2D eigenvalue weighted by atomic mass is 32.2. The quantitative estimate of drug-likeness (QED) is 0.895. The minimum absolute atomic E-state index is 0.813. The molecule has 3 fully saturated rings. The van der Waals surface area contributed by atoms with E-state index in [9.17, 15) is 0 Å². The van der Waals surface area contributed by atoms with Crippen LogP contribution in [0.15, 0.2) is 12.4 Å². The van der Waals surface area contributed by atoms with Crippen molar-refractivity contribution in [2.75, 3.05) is 54.4 Å². The second-order valence-corrected chi connectivity index (χ2v) is 7.78. The first-order chi connectivity index (χ1) is 10.9. The van der Waals surface area contributed by atoms with Crippen LogP contribution >= 0.6 is 11.8 Å². The van der Waals surface area contributed by atoms with Gasteiger partial charge in [0.05, 0.1) is 0 Å². The van der Waals surface area contributed by atoms with E-state index in [1.165, 1.54) is 43.9 Å². The smallest absolute Gasteiger partial charge is 0.134 e. The van der Waals surface area contributed by atoms with Gasteiger partial charge in [0.2, 0.25) is 0 Å². The van der Waals surface area contributed by atoms with Crippen molar-refractivity contribution in [3.63, 3.8) is 0 Å². The van der Waals surface area contributed by atoms with Crippen LogP contribution in [0.25, 0.3) is 0 Å². The molecule has 2 aliphatic heterocycles. The molecular formula is C16H25N5S. The van der Waals surface area contributed by atoms with Gasteiger partial charge in [-0.3, -0.25) is 4.90 Å². The van der Waals surface area contributed by atoms with Crippen molar-refractivity contribution >= 4 is 23.4 Å². The van der Waals surface area contributed by atoms with Gasteiger partial charge >= 0.3 is 0 Å². The van der Waals surface area contributed by atoms with Gasteiger partial charge in [0.25, 0.3) is 0 Å². The maximum atomic E-state index is 4.48. The first kappa shape index (κ1) is 14.6. The lowest BCUT2D eigenvalue weighted by Crippen LogP contribution is -2.50. The topological polar surface area (TPSA) is 44.3 Å². The molecule has 22 heavy (non-hydrogen) atoms. The third-order valence-corrected chi connectivity index (χ3v) is 6.13. The summed E-state index contributed by atoms with van der Waals surface area (Å²) in [6, 6.07) is 2.93. The molecular weight excluding hydrogens is 294 g/mol. The van der Waals surface area contributed by atoms with Crippen molar-refractivity contribution in [2.24, 2.45) is 5.92 Å². The molecule has 1 unspecified atom stereocenters. The van der Waals surface area contributed by atoms with E-state index >= 15 is 0 Å². The molecule has 0 bridgehead atoms. The van der Waals surface area contributed by atoms with Crippen LogP contribution < -0.4 is 10.2 Å². The summed E-state index contributed by atoms with van der Waals surface area (Å²) in [4.78, 5) is 13.9. The van der Waals surface area contributed by atoms with Crippen LogP contribution in [0, 0.1) is 5.92 Å². The summed E-state index contributed by atoms with van der Waals surface area (Å²) in [6.45, 7) is 5.56. The maximum absolute atomic E-state index is 4.48. The molecule has 6 heteroatoms. The minimum atomic E-state index is 0.813. The summed E-state index contributed by atoms with van der Waals surface area (Å²) < 4.78 is 0. The van der Waals surface area contributed by atoms with Gasteiger partial charge in [0.1, 0.15) is 18.0 Å². The molecule has 0 aromatic carbocycles. The minimum Gasteiger partial charge on any atom is -0.370 e. The van der Waals surface area contributed by atoms with Gasteiger partial charge in [-0.1, -0.05) is 0 Å². The molecule has 1 aliphatic carbocycles. The Balaban J connectivity index is 1.33. The maximum Gasteiger partial charge on any atom is 0.134 e. The molecule has 0 amide bonds. The van der Waals surface area contributed by atoms with Crippen LogP contribution in [0.3, 0.4) is 0 Å². The highest BCUT2D eigenvalue weighted by Gasteiger charge is 2.27. The summed E-state index contributed by atoms with van der Waals surface area (Å²) in [6.07, 6.45) is 5.80. The first-order valence-corrected chi connectivity index (χ1v) is 9.66. The molecule has 0 radical (unpaired) electrons. The van der Waals surface area contributed by atoms with Crippen molar-refractivity contribution in [1.29, 1.82) is 0 Å². The van der Waals surface area contributed by atoms with Crippen molar-refractivity contribution in [3.8, 4) is 0 Å². The Morgan fingerprint density at radius 1 is 1.14 bits per heavy atom. The van der Waals surface area contributed by atoms with Crippen LogP contribution in [0.1, 0.15) is 19.3 Å². The molecule has 1 aromatic rings. The predicted octanol–water partition coefficient (Wildman–Crippen LogP) is 1.93. The van der Waals surface area contributed by atoms with Gasteiger partial charge < -0.3 is 10.2 Å². The molecule has 120 valence electrons. The van der Waals surface area contributed by atoms with Crippen molar-refractivity contribution in [3.05, 3.63) is 12.4 Å². The standard InChI is InChI=1S/C16H25N5S/c1-2-13(1)10-17-15-9-16(19-12-18-15)21-6-4-20(5-7-21)14-3-8-22-11-14/h9,12-14H,1-8,10-11H2,(H,17,18,19). The summed E-state index contributed by atoms with van der Waals surface area (Å²) >= 11 is 2.10. The molecule has 1 saturated carbocycles. The Labute approximate surface area is 136 Å². The first-order valence-electron chi connectivity index (χ1n) is 8.51. The van der Waals surface area contributed by atoms with E-state index in [0.29, 0.717) is 0 Å². The Kier molecular flexibility index (Phi) is 4.39. The highest BCUT2D eigenvalue weighted by Crippen LogP contribution is 2.29. The number of nitrogens with zero attached hydrogens (tertiary/aromatic N) is 4. The lowest BCUT2D eigenvalue weighted by molar-refractivity contribution is 0.200. The highest BCUT2D eigenvalue weighted by molar-refractivity contribution is 7.99. The van der Waals surface area contributed by atoms with Crippen molar-refractivity contribution in [1.82, 2.24) is 14.9 Å². The molecule has 3 aliphatic rings. The molecule has 4 rings (SSSR count). The molecule has 2 saturated heterocycles. The number of hydrogen-bond acceptors (Lipinski definition) is 6. The van der Waals surface area contributed by atoms with Gasteiger partial charge in [-0.15, -0.1) is 0 Å². The number of thioether (sulfide) groups is 1. The van der Waals surface area contributed by atoms with Crippen LogP contribution in [-0.2, 0) is 0 Å². The van der Waals surface area contributed by atoms with E-state index in [0.717, 1.165) is 43.2 Å². The van der Waals surface area contributed by atoms with Crippen LogP contribution in [0.4, 0.5) is 11.6 Å².